The lowest BCUT2D eigenvalue weighted by Gasteiger charge is -2.19. The van der Waals surface area contributed by atoms with Gasteiger partial charge in [0.05, 0.1) is 17.5 Å². The van der Waals surface area contributed by atoms with Crippen molar-refractivity contribution < 1.29 is 13.2 Å². The van der Waals surface area contributed by atoms with E-state index in [9.17, 15) is 13.2 Å². The molecular weight excluding hydrogens is 472 g/mol. The fourth-order valence-electron chi connectivity index (χ4n) is 2.20. The Morgan fingerprint density at radius 1 is 1.04 bits per heavy atom. The van der Waals surface area contributed by atoms with Gasteiger partial charge in [0.15, 0.2) is 0 Å². The van der Waals surface area contributed by atoms with E-state index in [0.717, 1.165) is 18.8 Å². The monoisotopic (exact) mass is 488 g/mol. The summed E-state index contributed by atoms with van der Waals surface area (Å²) in [6.07, 6.45) is 0. The molecular formula is C17H18Br2N2O3S. The molecule has 1 amide bonds. The van der Waals surface area contributed by atoms with Crippen molar-refractivity contribution in [3.05, 3.63) is 63.0 Å². The van der Waals surface area contributed by atoms with Gasteiger partial charge in [-0.3, -0.25) is 4.79 Å². The Morgan fingerprint density at radius 2 is 1.52 bits per heavy atom. The molecule has 1 N–H and O–H groups in total. The summed E-state index contributed by atoms with van der Waals surface area (Å²) in [7, 11) is -2.32. The molecule has 0 aromatic heterocycles. The van der Waals surface area contributed by atoms with Crippen LogP contribution in [0.15, 0.2) is 62.4 Å². The van der Waals surface area contributed by atoms with Crippen molar-refractivity contribution in [3.8, 4) is 0 Å². The topological polar surface area (TPSA) is 66.5 Å². The fourth-order valence-corrected chi connectivity index (χ4v) is 3.85. The quantitative estimate of drug-likeness (QED) is 0.672. The van der Waals surface area contributed by atoms with Gasteiger partial charge in [0.1, 0.15) is 0 Å². The van der Waals surface area contributed by atoms with Crippen LogP contribution in [0, 0.1) is 0 Å². The Morgan fingerprint density at radius 3 is 2.04 bits per heavy atom. The molecule has 2 aromatic rings. The van der Waals surface area contributed by atoms with Crippen LogP contribution in [0.5, 0.6) is 0 Å². The average Bonchev–Trinajstić information content (AvgIpc) is 2.55. The van der Waals surface area contributed by atoms with E-state index < -0.39 is 10.0 Å². The molecule has 0 aliphatic heterocycles. The summed E-state index contributed by atoms with van der Waals surface area (Å²) in [5.74, 6) is -0.362. The SMILES string of the molecule is C[C@@H](NC(=O)CN(C)S(=O)(=O)c1ccc(Br)cc1)c1ccc(Br)cc1. The summed E-state index contributed by atoms with van der Waals surface area (Å²) in [6, 6.07) is 13.7. The summed E-state index contributed by atoms with van der Waals surface area (Å²) in [5, 5.41) is 2.81. The van der Waals surface area contributed by atoms with Crippen molar-refractivity contribution in [2.45, 2.75) is 17.9 Å². The number of benzene rings is 2. The number of sulfonamides is 1. The Bertz CT molecular complexity index is 837. The first-order chi connectivity index (χ1) is 11.7. The first kappa shape index (κ1) is 20.1. The normalized spacial score (nSPS) is 12.8. The molecule has 0 heterocycles. The summed E-state index contributed by atoms with van der Waals surface area (Å²) in [4.78, 5) is 12.3. The summed E-state index contributed by atoms with van der Waals surface area (Å²) in [6.45, 7) is 1.60. The third-order valence-corrected chi connectivity index (χ3v) is 6.51. The lowest BCUT2D eigenvalue weighted by Crippen LogP contribution is -2.39. The van der Waals surface area contributed by atoms with E-state index in [0.29, 0.717) is 0 Å². The third kappa shape index (κ3) is 5.37. The van der Waals surface area contributed by atoms with Crippen molar-refractivity contribution in [1.29, 1.82) is 0 Å². The van der Waals surface area contributed by atoms with Gasteiger partial charge in [-0.25, -0.2) is 8.42 Å². The van der Waals surface area contributed by atoms with E-state index in [4.69, 9.17) is 0 Å². The Labute approximate surface area is 164 Å². The molecule has 0 unspecified atom stereocenters. The van der Waals surface area contributed by atoms with Crippen LogP contribution in [0.3, 0.4) is 0 Å². The van der Waals surface area contributed by atoms with Crippen LogP contribution in [-0.4, -0.2) is 32.2 Å². The van der Waals surface area contributed by atoms with Gasteiger partial charge in [-0.1, -0.05) is 44.0 Å². The van der Waals surface area contributed by atoms with E-state index in [1.54, 1.807) is 12.1 Å². The Hall–Kier alpha value is -1.22. The Kier molecular flexibility index (Phi) is 6.79. The van der Waals surface area contributed by atoms with Crippen molar-refractivity contribution in [2.24, 2.45) is 0 Å². The van der Waals surface area contributed by atoms with Gasteiger partial charge in [-0.2, -0.15) is 4.31 Å². The number of carbonyl (C=O) groups excluding carboxylic acids is 1. The first-order valence-electron chi connectivity index (χ1n) is 7.47. The maximum Gasteiger partial charge on any atom is 0.243 e. The minimum Gasteiger partial charge on any atom is -0.348 e. The highest BCUT2D eigenvalue weighted by molar-refractivity contribution is 9.10. The van der Waals surface area contributed by atoms with Gasteiger partial charge < -0.3 is 5.32 Å². The van der Waals surface area contributed by atoms with Crippen molar-refractivity contribution in [3.63, 3.8) is 0 Å². The predicted octanol–water partition coefficient (Wildman–Crippen LogP) is 3.71. The van der Waals surface area contributed by atoms with Crippen LogP contribution in [0.25, 0.3) is 0 Å². The molecule has 25 heavy (non-hydrogen) atoms. The molecule has 0 aliphatic rings. The number of nitrogens with zero attached hydrogens (tertiary/aromatic N) is 1. The molecule has 0 spiro atoms. The van der Waals surface area contributed by atoms with Gasteiger partial charge in [-0.05, 0) is 48.9 Å². The van der Waals surface area contributed by atoms with Crippen LogP contribution >= 0.6 is 31.9 Å². The number of halogens is 2. The van der Waals surface area contributed by atoms with Crippen LogP contribution < -0.4 is 5.32 Å². The zero-order chi connectivity index (χ0) is 18.6. The highest BCUT2D eigenvalue weighted by Crippen LogP contribution is 2.19. The highest BCUT2D eigenvalue weighted by Gasteiger charge is 2.23. The zero-order valence-electron chi connectivity index (χ0n) is 13.7. The van der Waals surface area contributed by atoms with Gasteiger partial charge in [0, 0.05) is 16.0 Å². The second-order valence-electron chi connectivity index (χ2n) is 5.56. The standard InChI is InChI=1S/C17H18Br2N2O3S/c1-12(13-3-5-14(18)6-4-13)20-17(22)11-21(2)25(23,24)16-9-7-15(19)8-10-16/h3-10,12H,11H2,1-2H3,(H,20,22)/t12-/m1/s1. The Balaban J connectivity index is 2.01. The zero-order valence-corrected chi connectivity index (χ0v) is 17.7. The molecule has 0 fully saturated rings. The number of carbonyl (C=O) groups is 1. The van der Waals surface area contributed by atoms with Crippen LogP contribution in [-0.2, 0) is 14.8 Å². The number of hydrogen-bond acceptors (Lipinski definition) is 3. The second-order valence-corrected chi connectivity index (χ2v) is 9.43. The van der Waals surface area contributed by atoms with Crippen molar-refractivity contribution in [2.75, 3.05) is 13.6 Å². The molecule has 0 saturated carbocycles. The fraction of sp³-hybridized carbons (Fsp3) is 0.235. The molecule has 134 valence electrons. The number of rotatable bonds is 6. The van der Waals surface area contributed by atoms with Crippen LogP contribution in [0.4, 0.5) is 0 Å². The number of amides is 1. The smallest absolute Gasteiger partial charge is 0.243 e. The lowest BCUT2D eigenvalue weighted by molar-refractivity contribution is -0.121. The second kappa shape index (κ2) is 8.44. The van der Waals surface area contributed by atoms with Crippen molar-refractivity contribution >= 4 is 47.8 Å². The van der Waals surface area contributed by atoms with E-state index in [1.807, 2.05) is 31.2 Å². The minimum absolute atomic E-state index is 0.145. The van der Waals surface area contributed by atoms with E-state index in [1.165, 1.54) is 19.2 Å². The molecule has 0 radical (unpaired) electrons. The number of likely N-dealkylation sites (N-methyl/N-ethyl adjacent to an activating group) is 1. The minimum atomic E-state index is -3.71. The van der Waals surface area contributed by atoms with E-state index in [2.05, 4.69) is 37.2 Å². The maximum atomic E-state index is 12.5. The number of nitrogens with one attached hydrogen (secondary N) is 1. The number of hydrogen-bond donors (Lipinski definition) is 1. The third-order valence-electron chi connectivity index (χ3n) is 3.64. The van der Waals surface area contributed by atoms with Crippen LogP contribution in [0.2, 0.25) is 0 Å². The summed E-state index contributed by atoms with van der Waals surface area (Å²) in [5.41, 5.74) is 0.940. The van der Waals surface area contributed by atoms with E-state index >= 15 is 0 Å². The largest absolute Gasteiger partial charge is 0.348 e. The van der Waals surface area contributed by atoms with Gasteiger partial charge in [-0.15, -0.1) is 0 Å². The average molecular weight is 490 g/mol. The summed E-state index contributed by atoms with van der Waals surface area (Å²) < 4.78 is 27.8. The molecule has 0 bridgehead atoms. The highest BCUT2D eigenvalue weighted by atomic mass is 79.9. The molecule has 5 nitrogen and oxygen atoms in total. The van der Waals surface area contributed by atoms with Gasteiger partial charge in [0.25, 0.3) is 0 Å². The molecule has 0 saturated heterocycles. The van der Waals surface area contributed by atoms with Gasteiger partial charge >= 0.3 is 0 Å². The summed E-state index contributed by atoms with van der Waals surface area (Å²) >= 11 is 6.63. The molecule has 0 aliphatic carbocycles. The molecule has 2 aromatic carbocycles. The van der Waals surface area contributed by atoms with Crippen LogP contribution in [0.1, 0.15) is 18.5 Å². The molecule has 8 heteroatoms. The molecule has 2 rings (SSSR count). The maximum absolute atomic E-state index is 12.5. The van der Waals surface area contributed by atoms with Crippen molar-refractivity contribution in [1.82, 2.24) is 9.62 Å². The lowest BCUT2D eigenvalue weighted by atomic mass is 10.1. The van der Waals surface area contributed by atoms with E-state index in [-0.39, 0.29) is 23.4 Å². The molecule has 1 atom stereocenters. The van der Waals surface area contributed by atoms with Gasteiger partial charge in [0.2, 0.25) is 15.9 Å². The first-order valence-corrected chi connectivity index (χ1v) is 10.5. The predicted molar refractivity (Wildman–Crippen MR) is 105 cm³/mol.